The predicted molar refractivity (Wildman–Crippen MR) is 51.3 cm³/mol. The van der Waals surface area contributed by atoms with Crippen molar-refractivity contribution in [3.8, 4) is 0 Å². The van der Waals surface area contributed by atoms with Crippen LogP contribution in [-0.4, -0.2) is 19.8 Å². The molecule has 1 rings (SSSR count). The third-order valence-electron chi connectivity index (χ3n) is 1.84. The summed E-state index contributed by atoms with van der Waals surface area (Å²) >= 11 is 0. The van der Waals surface area contributed by atoms with Crippen LogP contribution < -0.4 is 11.3 Å². The molecule has 0 saturated heterocycles. The summed E-state index contributed by atoms with van der Waals surface area (Å²) in [4.78, 5) is 10.0. The lowest BCUT2D eigenvalue weighted by Gasteiger charge is -2.08. The SMILES string of the molecule is NNC(=O)c1cccc(S(=O)(=O)C(F)(F)F)c1. The quantitative estimate of drug-likeness (QED) is 0.466. The molecule has 0 unspecified atom stereocenters. The van der Waals surface area contributed by atoms with Crippen LogP contribution in [0.4, 0.5) is 13.2 Å². The molecule has 0 saturated carbocycles. The highest BCUT2D eigenvalue weighted by Crippen LogP contribution is 2.30. The first-order valence-corrected chi connectivity index (χ1v) is 5.61. The van der Waals surface area contributed by atoms with E-state index >= 15 is 0 Å². The first-order chi connectivity index (χ1) is 7.70. The van der Waals surface area contributed by atoms with Gasteiger partial charge in [-0.1, -0.05) is 6.07 Å². The van der Waals surface area contributed by atoms with E-state index in [-0.39, 0.29) is 5.56 Å². The maximum absolute atomic E-state index is 12.2. The second-order valence-corrected chi connectivity index (χ2v) is 4.89. The predicted octanol–water partition coefficient (Wildman–Crippen LogP) is 0.584. The molecule has 17 heavy (non-hydrogen) atoms. The van der Waals surface area contributed by atoms with Gasteiger partial charge >= 0.3 is 5.51 Å². The monoisotopic (exact) mass is 268 g/mol. The Balaban J connectivity index is 3.31. The Labute approximate surface area is 94.3 Å². The number of benzene rings is 1. The van der Waals surface area contributed by atoms with E-state index in [1.54, 1.807) is 5.43 Å². The van der Waals surface area contributed by atoms with Gasteiger partial charge in [-0.15, -0.1) is 0 Å². The minimum atomic E-state index is -5.46. The lowest BCUT2D eigenvalue weighted by Crippen LogP contribution is -2.30. The molecule has 9 heteroatoms. The first-order valence-electron chi connectivity index (χ1n) is 4.12. The zero-order chi connectivity index (χ0) is 13.3. The van der Waals surface area contributed by atoms with Crippen LogP contribution in [0.15, 0.2) is 29.2 Å². The molecule has 1 aromatic rings. The zero-order valence-corrected chi connectivity index (χ0v) is 8.97. The largest absolute Gasteiger partial charge is 0.501 e. The van der Waals surface area contributed by atoms with E-state index in [0.29, 0.717) is 6.07 Å². The van der Waals surface area contributed by atoms with Crippen LogP contribution in [0.1, 0.15) is 10.4 Å². The summed E-state index contributed by atoms with van der Waals surface area (Å²) in [5.74, 6) is 3.89. The average molecular weight is 268 g/mol. The van der Waals surface area contributed by atoms with Crippen molar-refractivity contribution in [2.24, 2.45) is 5.84 Å². The summed E-state index contributed by atoms with van der Waals surface area (Å²) in [5.41, 5.74) is -4.01. The van der Waals surface area contributed by atoms with Crippen molar-refractivity contribution in [3.05, 3.63) is 29.8 Å². The lowest BCUT2D eigenvalue weighted by atomic mass is 10.2. The van der Waals surface area contributed by atoms with Gasteiger partial charge in [-0.25, -0.2) is 14.3 Å². The molecule has 0 atom stereocenters. The number of hydrogen-bond acceptors (Lipinski definition) is 4. The number of carbonyl (C=O) groups excluding carboxylic acids is 1. The number of rotatable bonds is 2. The van der Waals surface area contributed by atoms with Gasteiger partial charge in [0.1, 0.15) is 0 Å². The van der Waals surface area contributed by atoms with Gasteiger partial charge in [0.25, 0.3) is 15.7 Å². The Kier molecular flexibility index (Phi) is 3.43. The van der Waals surface area contributed by atoms with Crippen molar-refractivity contribution in [3.63, 3.8) is 0 Å². The second kappa shape index (κ2) is 4.34. The number of hydrazine groups is 1. The van der Waals surface area contributed by atoms with Gasteiger partial charge in [-0.2, -0.15) is 13.2 Å². The molecular weight excluding hydrogens is 261 g/mol. The Morgan fingerprint density at radius 2 is 1.88 bits per heavy atom. The van der Waals surface area contributed by atoms with Gasteiger partial charge in [0.05, 0.1) is 4.90 Å². The standard InChI is InChI=1S/C8H7F3N2O3S/c9-8(10,11)17(15,16)6-3-1-2-5(4-6)7(14)13-12/h1-4H,12H2,(H,13,14). The van der Waals surface area contributed by atoms with Gasteiger partial charge in [-0.05, 0) is 18.2 Å². The van der Waals surface area contributed by atoms with Crippen LogP contribution in [0.3, 0.4) is 0 Å². The van der Waals surface area contributed by atoms with E-state index in [4.69, 9.17) is 5.84 Å². The van der Waals surface area contributed by atoms with E-state index in [0.717, 1.165) is 18.2 Å². The van der Waals surface area contributed by atoms with E-state index in [1.165, 1.54) is 0 Å². The molecule has 5 nitrogen and oxygen atoms in total. The van der Waals surface area contributed by atoms with E-state index in [9.17, 15) is 26.4 Å². The highest BCUT2D eigenvalue weighted by atomic mass is 32.2. The van der Waals surface area contributed by atoms with Gasteiger partial charge < -0.3 is 0 Å². The van der Waals surface area contributed by atoms with Gasteiger partial charge in [0.2, 0.25) is 0 Å². The third kappa shape index (κ3) is 2.56. The number of alkyl halides is 3. The molecule has 0 radical (unpaired) electrons. The van der Waals surface area contributed by atoms with E-state index < -0.39 is 26.1 Å². The van der Waals surface area contributed by atoms with Crippen LogP contribution in [0.25, 0.3) is 0 Å². The van der Waals surface area contributed by atoms with Gasteiger partial charge in [-0.3, -0.25) is 10.2 Å². The summed E-state index contributed by atoms with van der Waals surface area (Å²) in [5, 5.41) is 0. The molecule has 0 aliphatic carbocycles. The summed E-state index contributed by atoms with van der Waals surface area (Å²) in [6.07, 6.45) is 0. The van der Waals surface area contributed by atoms with Crippen molar-refractivity contribution in [2.45, 2.75) is 10.4 Å². The van der Waals surface area contributed by atoms with E-state index in [1.807, 2.05) is 0 Å². The third-order valence-corrected chi connectivity index (χ3v) is 3.33. The average Bonchev–Trinajstić information content (AvgIpc) is 2.26. The van der Waals surface area contributed by atoms with Crippen molar-refractivity contribution in [1.82, 2.24) is 5.43 Å². The number of carbonyl (C=O) groups is 1. The fourth-order valence-electron chi connectivity index (χ4n) is 1.02. The Bertz CT molecular complexity index is 539. The Morgan fingerprint density at radius 3 is 2.35 bits per heavy atom. The lowest BCUT2D eigenvalue weighted by molar-refractivity contribution is -0.0436. The van der Waals surface area contributed by atoms with Crippen molar-refractivity contribution >= 4 is 15.7 Å². The zero-order valence-electron chi connectivity index (χ0n) is 8.15. The number of halogens is 3. The molecule has 0 aliphatic rings. The highest BCUT2D eigenvalue weighted by Gasteiger charge is 2.46. The molecule has 0 fully saturated rings. The molecule has 0 spiro atoms. The number of amides is 1. The van der Waals surface area contributed by atoms with Crippen LogP contribution in [0.5, 0.6) is 0 Å². The molecule has 0 bridgehead atoms. The molecule has 94 valence electrons. The first kappa shape index (κ1) is 13.5. The minimum Gasteiger partial charge on any atom is -0.290 e. The number of nitrogen functional groups attached to an aromatic ring is 1. The fraction of sp³-hybridized carbons (Fsp3) is 0.125. The summed E-state index contributed by atoms with van der Waals surface area (Å²) in [6.45, 7) is 0. The Hall–Kier alpha value is -1.61. The number of sulfone groups is 1. The van der Waals surface area contributed by atoms with Crippen LogP contribution in [0, 0.1) is 0 Å². The van der Waals surface area contributed by atoms with Crippen molar-refractivity contribution in [1.29, 1.82) is 0 Å². The topological polar surface area (TPSA) is 89.3 Å². The molecule has 3 N–H and O–H groups in total. The molecule has 0 aliphatic heterocycles. The summed E-state index contributed by atoms with van der Waals surface area (Å²) in [6, 6.07) is 3.50. The maximum Gasteiger partial charge on any atom is 0.501 e. The normalized spacial score (nSPS) is 12.2. The summed E-state index contributed by atoms with van der Waals surface area (Å²) in [7, 11) is -5.46. The molecule has 0 aromatic heterocycles. The summed E-state index contributed by atoms with van der Waals surface area (Å²) < 4.78 is 58.7. The smallest absolute Gasteiger partial charge is 0.290 e. The Morgan fingerprint density at radius 1 is 1.29 bits per heavy atom. The molecule has 1 aromatic carbocycles. The van der Waals surface area contributed by atoms with Crippen molar-refractivity contribution in [2.75, 3.05) is 0 Å². The highest BCUT2D eigenvalue weighted by molar-refractivity contribution is 7.92. The second-order valence-electron chi connectivity index (χ2n) is 2.95. The van der Waals surface area contributed by atoms with Crippen molar-refractivity contribution < 1.29 is 26.4 Å². The van der Waals surface area contributed by atoms with Crippen LogP contribution >= 0.6 is 0 Å². The molecule has 0 heterocycles. The molecular formula is C8H7F3N2O3S. The fourth-order valence-corrected chi connectivity index (χ4v) is 1.83. The maximum atomic E-state index is 12.2. The number of nitrogens with one attached hydrogen (secondary N) is 1. The van der Waals surface area contributed by atoms with Crippen LogP contribution in [0.2, 0.25) is 0 Å². The van der Waals surface area contributed by atoms with E-state index in [2.05, 4.69) is 0 Å². The van der Waals surface area contributed by atoms with Crippen LogP contribution in [-0.2, 0) is 9.84 Å². The minimum absolute atomic E-state index is 0.280. The van der Waals surface area contributed by atoms with Gasteiger partial charge in [0.15, 0.2) is 0 Å². The molecule has 1 amide bonds. The number of nitrogens with two attached hydrogens (primary N) is 1. The number of hydrogen-bond donors (Lipinski definition) is 2. The van der Waals surface area contributed by atoms with Gasteiger partial charge in [0, 0.05) is 5.56 Å².